The second-order valence-electron chi connectivity index (χ2n) is 8.21. The second kappa shape index (κ2) is 12.4. The van der Waals surface area contributed by atoms with Gasteiger partial charge in [0.15, 0.2) is 5.16 Å². The zero-order valence-electron chi connectivity index (χ0n) is 20.4. The van der Waals surface area contributed by atoms with Crippen LogP contribution in [0.2, 0.25) is 0 Å². The molecule has 8 nitrogen and oxygen atoms in total. The summed E-state index contributed by atoms with van der Waals surface area (Å²) in [5, 5.41) is 5.86. The summed E-state index contributed by atoms with van der Waals surface area (Å²) in [5.74, 6) is -2.59. The standard InChI is InChI=1S/C27H24F2N4O4S/c1-37-13-12-30-25(35)18-8-6-17(7-9-18)15-33-26(36)20-4-2-3-5-22(20)32-27(33)38-16-24(34)31-23-11-10-19(28)14-21(23)29/h2-11,14H,12-13,15-16H2,1H3,(H,30,35)(H,31,34). The molecule has 0 bridgehead atoms. The van der Waals surface area contributed by atoms with E-state index in [1.54, 1.807) is 55.6 Å². The fraction of sp³-hybridized carbons (Fsp3) is 0.185. The van der Waals surface area contributed by atoms with Gasteiger partial charge in [-0.05, 0) is 42.0 Å². The first-order valence-electron chi connectivity index (χ1n) is 11.6. The number of carbonyl (C=O) groups is 2. The number of nitrogens with zero attached hydrogens (tertiary/aromatic N) is 2. The summed E-state index contributed by atoms with van der Waals surface area (Å²) in [6, 6.07) is 16.5. The molecule has 196 valence electrons. The van der Waals surface area contributed by atoms with Gasteiger partial charge in [0, 0.05) is 25.3 Å². The molecule has 3 aromatic carbocycles. The highest BCUT2D eigenvalue weighted by molar-refractivity contribution is 7.99. The number of amides is 2. The third-order valence-corrected chi connectivity index (χ3v) is 6.49. The van der Waals surface area contributed by atoms with Crippen molar-refractivity contribution in [3.05, 3.63) is 99.8 Å². The van der Waals surface area contributed by atoms with Crippen molar-refractivity contribution in [1.29, 1.82) is 0 Å². The van der Waals surface area contributed by atoms with Gasteiger partial charge in [-0.15, -0.1) is 0 Å². The van der Waals surface area contributed by atoms with E-state index in [4.69, 9.17) is 4.74 Å². The molecular formula is C27H24F2N4O4S. The van der Waals surface area contributed by atoms with E-state index in [0.29, 0.717) is 40.8 Å². The Morgan fingerprint density at radius 1 is 1.05 bits per heavy atom. The van der Waals surface area contributed by atoms with Crippen molar-refractivity contribution >= 4 is 40.2 Å². The highest BCUT2D eigenvalue weighted by atomic mass is 32.2. The Bertz CT molecular complexity index is 1530. The first-order chi connectivity index (χ1) is 18.4. The molecule has 4 rings (SSSR count). The number of ether oxygens (including phenoxy) is 1. The van der Waals surface area contributed by atoms with Gasteiger partial charge in [-0.3, -0.25) is 19.0 Å². The van der Waals surface area contributed by atoms with Gasteiger partial charge in [0.05, 0.1) is 35.5 Å². The van der Waals surface area contributed by atoms with Crippen molar-refractivity contribution in [2.45, 2.75) is 11.7 Å². The number of carbonyl (C=O) groups excluding carboxylic acids is 2. The van der Waals surface area contributed by atoms with E-state index in [-0.39, 0.29) is 29.5 Å². The van der Waals surface area contributed by atoms with Crippen LogP contribution < -0.4 is 16.2 Å². The van der Waals surface area contributed by atoms with Crippen LogP contribution in [-0.4, -0.2) is 47.4 Å². The minimum Gasteiger partial charge on any atom is -0.383 e. The lowest BCUT2D eigenvalue weighted by Gasteiger charge is -2.14. The first kappa shape index (κ1) is 27.0. The van der Waals surface area contributed by atoms with Gasteiger partial charge in [0.2, 0.25) is 5.91 Å². The van der Waals surface area contributed by atoms with Crippen LogP contribution in [0, 0.1) is 11.6 Å². The molecule has 0 fully saturated rings. The molecule has 38 heavy (non-hydrogen) atoms. The summed E-state index contributed by atoms with van der Waals surface area (Å²) in [6.07, 6.45) is 0. The average Bonchev–Trinajstić information content (AvgIpc) is 2.91. The summed E-state index contributed by atoms with van der Waals surface area (Å²) in [4.78, 5) is 42.6. The van der Waals surface area contributed by atoms with Gasteiger partial charge < -0.3 is 15.4 Å². The molecule has 2 amide bonds. The number of hydrogen-bond donors (Lipinski definition) is 2. The normalized spacial score (nSPS) is 10.9. The minimum atomic E-state index is -0.889. The van der Waals surface area contributed by atoms with Gasteiger partial charge in [-0.1, -0.05) is 36.0 Å². The lowest BCUT2D eigenvalue weighted by atomic mass is 10.1. The molecule has 0 aliphatic heterocycles. The van der Waals surface area contributed by atoms with Crippen LogP contribution in [0.15, 0.2) is 76.7 Å². The second-order valence-corrected chi connectivity index (χ2v) is 9.15. The molecule has 2 N–H and O–H groups in total. The van der Waals surface area contributed by atoms with Crippen molar-refractivity contribution in [2.75, 3.05) is 31.3 Å². The first-order valence-corrected chi connectivity index (χ1v) is 12.6. The fourth-order valence-electron chi connectivity index (χ4n) is 3.62. The third kappa shape index (κ3) is 6.61. The third-order valence-electron chi connectivity index (χ3n) is 5.51. The van der Waals surface area contributed by atoms with Crippen LogP contribution in [0.4, 0.5) is 14.5 Å². The Kier molecular flexibility index (Phi) is 8.82. The zero-order chi connectivity index (χ0) is 27.1. The maximum absolute atomic E-state index is 13.9. The number of fused-ring (bicyclic) bond motifs is 1. The van der Waals surface area contributed by atoms with Gasteiger partial charge in [0.25, 0.3) is 11.5 Å². The molecule has 0 saturated carbocycles. The highest BCUT2D eigenvalue weighted by Gasteiger charge is 2.15. The molecule has 0 aliphatic rings. The van der Waals surface area contributed by atoms with Crippen molar-refractivity contribution in [1.82, 2.24) is 14.9 Å². The number of halogens is 2. The zero-order valence-corrected chi connectivity index (χ0v) is 21.2. The molecule has 1 heterocycles. The molecule has 1 aromatic heterocycles. The highest BCUT2D eigenvalue weighted by Crippen LogP contribution is 2.21. The van der Waals surface area contributed by atoms with E-state index in [1.807, 2.05) is 0 Å². The number of rotatable bonds is 10. The van der Waals surface area contributed by atoms with E-state index in [9.17, 15) is 23.2 Å². The summed E-state index contributed by atoms with van der Waals surface area (Å²) < 4.78 is 33.4. The number of anilines is 1. The van der Waals surface area contributed by atoms with Crippen molar-refractivity contribution in [3.8, 4) is 0 Å². The van der Waals surface area contributed by atoms with Gasteiger partial charge >= 0.3 is 0 Å². The molecular weight excluding hydrogens is 514 g/mol. The summed E-state index contributed by atoms with van der Waals surface area (Å²) in [5.41, 5.74) is 1.26. The molecule has 0 spiro atoms. The maximum atomic E-state index is 13.9. The van der Waals surface area contributed by atoms with Crippen LogP contribution in [-0.2, 0) is 16.1 Å². The SMILES string of the molecule is COCCNC(=O)c1ccc(Cn2c(SCC(=O)Nc3ccc(F)cc3F)nc3ccccc3c2=O)cc1. The summed E-state index contributed by atoms with van der Waals surface area (Å²) >= 11 is 1.02. The molecule has 4 aromatic rings. The quantitative estimate of drug-likeness (QED) is 0.181. The largest absolute Gasteiger partial charge is 0.383 e. The summed E-state index contributed by atoms with van der Waals surface area (Å²) in [6.45, 7) is 0.939. The molecule has 0 aliphatic carbocycles. The monoisotopic (exact) mass is 538 g/mol. The van der Waals surface area contributed by atoms with Crippen molar-refractivity contribution in [2.24, 2.45) is 0 Å². The van der Waals surface area contributed by atoms with E-state index in [1.165, 1.54) is 4.57 Å². The van der Waals surface area contributed by atoms with E-state index < -0.39 is 17.5 Å². The minimum absolute atomic E-state index is 0.146. The predicted octanol–water partition coefficient (Wildman–Crippen LogP) is 3.83. The number of methoxy groups -OCH3 is 1. The van der Waals surface area contributed by atoms with Crippen molar-refractivity contribution < 1.29 is 23.1 Å². The smallest absolute Gasteiger partial charge is 0.262 e. The van der Waals surface area contributed by atoms with Gasteiger partial charge in [0.1, 0.15) is 11.6 Å². The molecule has 0 atom stereocenters. The lowest BCUT2D eigenvalue weighted by Crippen LogP contribution is -2.27. The number of hydrogen-bond acceptors (Lipinski definition) is 6. The summed E-state index contributed by atoms with van der Waals surface area (Å²) in [7, 11) is 1.55. The Labute approximate surface area is 221 Å². The van der Waals surface area contributed by atoms with Crippen molar-refractivity contribution in [3.63, 3.8) is 0 Å². The molecule has 11 heteroatoms. The van der Waals surface area contributed by atoms with Gasteiger partial charge in [-0.2, -0.15) is 0 Å². The number of benzene rings is 3. The lowest BCUT2D eigenvalue weighted by molar-refractivity contribution is -0.113. The van der Waals surface area contributed by atoms with Crippen LogP contribution in [0.3, 0.4) is 0 Å². The molecule has 0 unspecified atom stereocenters. The van der Waals surface area contributed by atoms with Crippen LogP contribution >= 0.6 is 11.8 Å². The maximum Gasteiger partial charge on any atom is 0.262 e. The Balaban J connectivity index is 1.54. The topological polar surface area (TPSA) is 102 Å². The predicted molar refractivity (Wildman–Crippen MR) is 141 cm³/mol. The number of para-hydroxylation sites is 1. The Hall–Kier alpha value is -4.09. The fourth-order valence-corrected chi connectivity index (χ4v) is 4.42. The van der Waals surface area contributed by atoms with Crippen LogP contribution in [0.1, 0.15) is 15.9 Å². The number of thioether (sulfide) groups is 1. The van der Waals surface area contributed by atoms with E-state index >= 15 is 0 Å². The van der Waals surface area contributed by atoms with Crippen LogP contribution in [0.5, 0.6) is 0 Å². The molecule has 0 saturated heterocycles. The van der Waals surface area contributed by atoms with Crippen LogP contribution in [0.25, 0.3) is 10.9 Å². The number of nitrogens with one attached hydrogen (secondary N) is 2. The van der Waals surface area contributed by atoms with E-state index in [0.717, 1.165) is 29.5 Å². The van der Waals surface area contributed by atoms with E-state index in [2.05, 4.69) is 15.6 Å². The Morgan fingerprint density at radius 2 is 1.82 bits per heavy atom. The van der Waals surface area contributed by atoms with Gasteiger partial charge in [-0.25, -0.2) is 13.8 Å². The molecule has 0 radical (unpaired) electrons. The Morgan fingerprint density at radius 3 is 2.55 bits per heavy atom. The average molecular weight is 539 g/mol. The number of aromatic nitrogens is 2.